The second-order valence-electron chi connectivity index (χ2n) is 3.71. The molecule has 0 fully saturated rings. The van der Waals surface area contributed by atoms with Gasteiger partial charge < -0.3 is 4.74 Å². The minimum absolute atomic E-state index is 0.526. The fourth-order valence-electron chi connectivity index (χ4n) is 1.68. The molecule has 5 heteroatoms. The van der Waals surface area contributed by atoms with E-state index in [0.717, 1.165) is 10.6 Å². The molecule has 5 nitrogen and oxygen atoms in total. The number of benzene rings is 1. The van der Waals surface area contributed by atoms with Gasteiger partial charge in [0, 0.05) is 6.42 Å². The lowest BCUT2D eigenvalue weighted by molar-refractivity contribution is -0.0957. The summed E-state index contributed by atoms with van der Waals surface area (Å²) in [5, 5.41) is 10.8. The molecule has 0 saturated heterocycles. The van der Waals surface area contributed by atoms with Crippen LogP contribution in [0.4, 0.5) is 0 Å². The smallest absolute Gasteiger partial charge is 0.196 e. The number of hydrogen-bond acceptors (Lipinski definition) is 5. The Bertz CT molecular complexity index is 442. The summed E-state index contributed by atoms with van der Waals surface area (Å²) in [6, 6.07) is 9.79. The van der Waals surface area contributed by atoms with Crippen LogP contribution in [-0.2, 0) is 11.2 Å². The lowest BCUT2D eigenvalue weighted by Gasteiger charge is -2.28. The highest BCUT2D eigenvalue weighted by atomic mass is 16.5. The number of aliphatic imine (C=N–C) groups is 1. The van der Waals surface area contributed by atoms with E-state index < -0.39 is 6.29 Å². The van der Waals surface area contributed by atoms with Gasteiger partial charge in [-0.05, 0) is 5.56 Å². The summed E-state index contributed by atoms with van der Waals surface area (Å²) in [6.07, 6.45) is 1.31. The summed E-state index contributed by atoms with van der Waals surface area (Å²) >= 11 is 0. The summed E-state index contributed by atoms with van der Waals surface area (Å²) in [4.78, 5) is 3.90. The monoisotopic (exact) mass is 233 g/mol. The first-order valence-corrected chi connectivity index (χ1v) is 5.30. The van der Waals surface area contributed by atoms with E-state index in [0.29, 0.717) is 17.9 Å². The average Bonchev–Trinajstić information content (AvgIpc) is 2.37. The molecule has 1 aromatic rings. The van der Waals surface area contributed by atoms with Crippen molar-refractivity contribution >= 4 is 6.21 Å². The molecule has 17 heavy (non-hydrogen) atoms. The number of methoxy groups -OCH3 is 1. The minimum atomic E-state index is -0.771. The molecule has 0 bridgehead atoms. The van der Waals surface area contributed by atoms with E-state index in [2.05, 4.69) is 4.99 Å². The maximum Gasteiger partial charge on any atom is 0.196 e. The molecule has 90 valence electrons. The minimum Gasteiger partial charge on any atom is -0.493 e. The molecule has 1 aliphatic rings. The van der Waals surface area contributed by atoms with E-state index in [4.69, 9.17) is 10.5 Å². The summed E-state index contributed by atoms with van der Waals surface area (Å²) in [5.74, 6) is 0.526. The third kappa shape index (κ3) is 2.46. The second kappa shape index (κ2) is 4.99. The van der Waals surface area contributed by atoms with Gasteiger partial charge in [-0.2, -0.15) is 0 Å². The van der Waals surface area contributed by atoms with Gasteiger partial charge in [-0.3, -0.25) is 10.9 Å². The van der Waals surface area contributed by atoms with Crippen molar-refractivity contribution in [1.82, 2.24) is 5.06 Å². The largest absolute Gasteiger partial charge is 0.493 e. The van der Waals surface area contributed by atoms with Crippen molar-refractivity contribution in [3.05, 3.63) is 47.4 Å². The highest BCUT2D eigenvalue weighted by Crippen LogP contribution is 2.19. The van der Waals surface area contributed by atoms with Crippen molar-refractivity contribution in [2.75, 3.05) is 7.11 Å². The molecule has 0 aromatic heterocycles. The summed E-state index contributed by atoms with van der Waals surface area (Å²) in [5.41, 5.74) is 7.31. The maximum absolute atomic E-state index is 9.86. The van der Waals surface area contributed by atoms with Gasteiger partial charge in [0.05, 0.1) is 19.0 Å². The number of allylic oxidation sites excluding steroid dienone is 2. The Hall–Kier alpha value is -1.85. The molecule has 1 aliphatic heterocycles. The van der Waals surface area contributed by atoms with Crippen LogP contribution in [0.5, 0.6) is 0 Å². The van der Waals surface area contributed by atoms with Gasteiger partial charge in [0.1, 0.15) is 0 Å². The van der Waals surface area contributed by atoms with Crippen LogP contribution in [0.25, 0.3) is 0 Å². The molecule has 1 aromatic carbocycles. The Morgan fingerprint density at radius 3 is 2.76 bits per heavy atom. The van der Waals surface area contributed by atoms with E-state index in [-0.39, 0.29) is 0 Å². The van der Waals surface area contributed by atoms with Gasteiger partial charge in [0.2, 0.25) is 0 Å². The molecular weight excluding hydrogens is 218 g/mol. The normalized spacial score (nSPS) is 19.7. The van der Waals surface area contributed by atoms with Crippen LogP contribution in [0.3, 0.4) is 0 Å². The summed E-state index contributed by atoms with van der Waals surface area (Å²) in [7, 11) is 1.54. The Balaban J connectivity index is 2.27. The van der Waals surface area contributed by atoms with Crippen LogP contribution >= 0.6 is 0 Å². The van der Waals surface area contributed by atoms with Gasteiger partial charge >= 0.3 is 0 Å². The van der Waals surface area contributed by atoms with Crippen molar-refractivity contribution in [2.24, 2.45) is 10.7 Å². The fraction of sp³-hybridized carbons (Fsp3) is 0.250. The van der Waals surface area contributed by atoms with E-state index in [1.165, 1.54) is 13.3 Å². The molecule has 1 heterocycles. The third-order valence-electron chi connectivity index (χ3n) is 2.59. The van der Waals surface area contributed by atoms with Gasteiger partial charge in [0.15, 0.2) is 12.0 Å². The maximum atomic E-state index is 9.86. The van der Waals surface area contributed by atoms with Crippen molar-refractivity contribution in [3.8, 4) is 0 Å². The second-order valence-corrected chi connectivity index (χ2v) is 3.71. The van der Waals surface area contributed by atoms with Gasteiger partial charge in [0.25, 0.3) is 0 Å². The van der Waals surface area contributed by atoms with Crippen molar-refractivity contribution in [2.45, 2.75) is 12.7 Å². The Morgan fingerprint density at radius 1 is 1.41 bits per heavy atom. The average molecular weight is 233 g/mol. The number of rotatable bonds is 3. The van der Waals surface area contributed by atoms with Crippen LogP contribution in [0.1, 0.15) is 5.56 Å². The number of hydroxylamine groups is 2. The molecule has 1 atom stereocenters. The standard InChI is InChI=1S/C12H15N3O2/c1-17-11-8-14-12(13)15(16)10(11)7-9-5-3-2-4-6-9/h2-6,8,12,16H,7,13H2,1H3. The molecule has 0 amide bonds. The molecule has 3 N–H and O–H groups in total. The van der Waals surface area contributed by atoms with E-state index in [1.54, 1.807) is 0 Å². The van der Waals surface area contributed by atoms with Gasteiger partial charge in [-0.25, -0.2) is 10.1 Å². The van der Waals surface area contributed by atoms with Crippen LogP contribution in [-0.4, -0.2) is 29.9 Å². The Labute approximate surface area is 99.8 Å². The SMILES string of the molecule is COC1=C(Cc2ccccc2)N(O)C(N)N=C1. The summed E-state index contributed by atoms with van der Waals surface area (Å²) < 4.78 is 5.17. The fourth-order valence-corrected chi connectivity index (χ4v) is 1.68. The van der Waals surface area contributed by atoms with E-state index in [1.807, 2.05) is 30.3 Å². The molecule has 2 rings (SSSR count). The van der Waals surface area contributed by atoms with Crippen molar-refractivity contribution < 1.29 is 9.94 Å². The lowest BCUT2D eigenvalue weighted by atomic mass is 10.1. The number of ether oxygens (including phenoxy) is 1. The van der Waals surface area contributed by atoms with Crippen molar-refractivity contribution in [1.29, 1.82) is 0 Å². The molecular formula is C12H15N3O2. The van der Waals surface area contributed by atoms with E-state index >= 15 is 0 Å². The first kappa shape index (κ1) is 11.6. The first-order chi connectivity index (χ1) is 8.22. The lowest BCUT2D eigenvalue weighted by Crippen LogP contribution is -2.41. The van der Waals surface area contributed by atoms with Crippen LogP contribution in [0, 0.1) is 0 Å². The van der Waals surface area contributed by atoms with Gasteiger partial charge in [-0.15, -0.1) is 0 Å². The highest BCUT2D eigenvalue weighted by Gasteiger charge is 2.22. The molecule has 0 radical (unpaired) electrons. The number of nitrogens with zero attached hydrogens (tertiary/aromatic N) is 2. The summed E-state index contributed by atoms with van der Waals surface area (Å²) in [6.45, 7) is 0. The van der Waals surface area contributed by atoms with Gasteiger partial charge in [-0.1, -0.05) is 30.3 Å². The zero-order valence-electron chi connectivity index (χ0n) is 9.58. The predicted octanol–water partition coefficient (Wildman–Crippen LogP) is 1.10. The first-order valence-electron chi connectivity index (χ1n) is 5.30. The predicted molar refractivity (Wildman–Crippen MR) is 64.3 cm³/mol. The molecule has 1 unspecified atom stereocenters. The zero-order valence-corrected chi connectivity index (χ0v) is 9.58. The van der Waals surface area contributed by atoms with Crippen LogP contribution in [0.15, 0.2) is 46.8 Å². The number of hydrogen-bond donors (Lipinski definition) is 2. The Kier molecular flexibility index (Phi) is 3.41. The molecule has 0 aliphatic carbocycles. The van der Waals surface area contributed by atoms with E-state index in [9.17, 15) is 5.21 Å². The van der Waals surface area contributed by atoms with Crippen molar-refractivity contribution in [3.63, 3.8) is 0 Å². The van der Waals surface area contributed by atoms with Crippen LogP contribution in [0.2, 0.25) is 0 Å². The molecule has 0 spiro atoms. The third-order valence-corrected chi connectivity index (χ3v) is 2.59. The number of nitrogens with two attached hydrogens (primary N) is 1. The highest BCUT2D eigenvalue weighted by molar-refractivity contribution is 5.78. The van der Waals surface area contributed by atoms with Crippen LogP contribution < -0.4 is 5.73 Å². The quantitative estimate of drug-likeness (QED) is 0.820. The zero-order chi connectivity index (χ0) is 12.3. The topological polar surface area (TPSA) is 71.1 Å². The molecule has 0 saturated carbocycles. The Morgan fingerprint density at radius 2 is 2.12 bits per heavy atom.